The van der Waals surface area contributed by atoms with Crippen molar-refractivity contribution in [3.63, 3.8) is 0 Å². The number of anilines is 1. The highest BCUT2D eigenvalue weighted by molar-refractivity contribution is 6.38. The van der Waals surface area contributed by atoms with Gasteiger partial charge >= 0.3 is 0 Å². The molecule has 0 radical (unpaired) electrons. The van der Waals surface area contributed by atoms with Crippen LogP contribution in [0.1, 0.15) is 6.04 Å². The van der Waals surface area contributed by atoms with Crippen molar-refractivity contribution in [3.05, 3.63) is 34.6 Å². The second-order valence-corrected chi connectivity index (χ2v) is 6.10. The van der Waals surface area contributed by atoms with E-state index in [1.807, 2.05) is 4.90 Å². The number of nitrogens with zero attached hydrogens (tertiary/aromatic N) is 5. The van der Waals surface area contributed by atoms with E-state index in [1.165, 1.54) is 0 Å². The first-order valence-corrected chi connectivity index (χ1v) is 7.49. The van der Waals surface area contributed by atoms with E-state index in [2.05, 4.69) is 15.3 Å². The molecule has 2 N–H and O–H groups in total. The Morgan fingerprint density at radius 2 is 2.14 bits per heavy atom. The summed E-state index contributed by atoms with van der Waals surface area (Å²) >= 11 is 12.1. The largest absolute Gasteiger partial charge is 0.422 e. The lowest BCUT2D eigenvalue weighted by Crippen LogP contribution is -2.31. The van der Waals surface area contributed by atoms with E-state index >= 15 is 0 Å². The third-order valence-corrected chi connectivity index (χ3v) is 4.28. The Balaban J connectivity index is 1.67. The number of nitrogens with two attached hydrogens (primary N) is 1. The van der Waals surface area contributed by atoms with Gasteiger partial charge in [-0.25, -0.2) is 4.68 Å². The van der Waals surface area contributed by atoms with Crippen LogP contribution in [-0.4, -0.2) is 39.1 Å². The van der Waals surface area contributed by atoms with Crippen LogP contribution < -0.4 is 10.6 Å². The Morgan fingerprint density at radius 1 is 1.27 bits per heavy atom. The van der Waals surface area contributed by atoms with Gasteiger partial charge in [0.1, 0.15) is 5.52 Å². The van der Waals surface area contributed by atoms with Crippen LogP contribution in [0.4, 0.5) is 6.01 Å². The Morgan fingerprint density at radius 3 is 2.91 bits per heavy atom. The number of benzene rings is 1. The number of hydrogen-bond donors (Lipinski definition) is 1. The highest BCUT2D eigenvalue weighted by Gasteiger charge is 2.34. The standard InChI is InChI=1S/C13H12Cl2N6O/c14-7-3-8(15)12-10(4-7)18-13(22-12)20-5-9(16)11(6-20)21-2-1-17-19-21/h1-4,9,11H,5-6,16H2/t9-,11+/m1/s1. The maximum atomic E-state index is 6.20. The molecule has 7 nitrogen and oxygen atoms in total. The summed E-state index contributed by atoms with van der Waals surface area (Å²) in [7, 11) is 0. The molecule has 1 aromatic carbocycles. The van der Waals surface area contributed by atoms with Gasteiger partial charge in [0.15, 0.2) is 5.58 Å². The zero-order chi connectivity index (χ0) is 15.3. The third kappa shape index (κ3) is 2.22. The highest BCUT2D eigenvalue weighted by atomic mass is 35.5. The van der Waals surface area contributed by atoms with Gasteiger partial charge in [-0.1, -0.05) is 28.4 Å². The summed E-state index contributed by atoms with van der Waals surface area (Å²) in [6.07, 6.45) is 3.44. The van der Waals surface area contributed by atoms with Crippen LogP contribution in [0, 0.1) is 0 Å². The monoisotopic (exact) mass is 338 g/mol. The van der Waals surface area contributed by atoms with Gasteiger partial charge in [-0.3, -0.25) is 0 Å². The number of hydrogen-bond acceptors (Lipinski definition) is 6. The number of fused-ring (bicyclic) bond motifs is 1. The average Bonchev–Trinajstić information content (AvgIpc) is 3.15. The van der Waals surface area contributed by atoms with Crippen LogP contribution in [0.25, 0.3) is 11.1 Å². The van der Waals surface area contributed by atoms with Gasteiger partial charge in [0.25, 0.3) is 6.01 Å². The van der Waals surface area contributed by atoms with Crippen LogP contribution in [0.15, 0.2) is 28.9 Å². The SMILES string of the molecule is N[C@@H]1CN(c2nc3cc(Cl)cc(Cl)c3o2)C[C@@H]1n1ccnn1. The highest BCUT2D eigenvalue weighted by Crippen LogP contribution is 2.33. The summed E-state index contributed by atoms with van der Waals surface area (Å²) in [5, 5.41) is 8.80. The maximum absolute atomic E-state index is 6.20. The van der Waals surface area contributed by atoms with Crippen molar-refractivity contribution < 1.29 is 4.42 Å². The topological polar surface area (TPSA) is 86.0 Å². The first-order valence-electron chi connectivity index (χ1n) is 6.74. The van der Waals surface area contributed by atoms with Gasteiger partial charge in [-0.2, -0.15) is 4.98 Å². The minimum atomic E-state index is -0.0872. The van der Waals surface area contributed by atoms with Gasteiger partial charge in [0.05, 0.1) is 17.3 Å². The fourth-order valence-electron chi connectivity index (χ4n) is 2.73. The molecule has 2 aromatic heterocycles. The Bertz CT molecular complexity index is 817. The third-order valence-electron chi connectivity index (χ3n) is 3.78. The van der Waals surface area contributed by atoms with Crippen molar-refractivity contribution in [2.75, 3.05) is 18.0 Å². The van der Waals surface area contributed by atoms with Gasteiger partial charge in [-0.05, 0) is 12.1 Å². The van der Waals surface area contributed by atoms with Crippen molar-refractivity contribution in [1.82, 2.24) is 20.0 Å². The van der Waals surface area contributed by atoms with Gasteiger partial charge < -0.3 is 15.1 Å². The molecular weight excluding hydrogens is 327 g/mol. The van der Waals surface area contributed by atoms with Crippen LogP contribution in [0.3, 0.4) is 0 Å². The fraction of sp³-hybridized carbons (Fsp3) is 0.308. The molecule has 1 aliphatic rings. The van der Waals surface area contributed by atoms with Crippen molar-refractivity contribution in [1.29, 1.82) is 0 Å². The molecule has 1 saturated heterocycles. The van der Waals surface area contributed by atoms with E-state index in [0.29, 0.717) is 40.2 Å². The minimum Gasteiger partial charge on any atom is -0.422 e. The number of rotatable bonds is 2. The molecule has 2 atom stereocenters. The van der Waals surface area contributed by atoms with Crippen molar-refractivity contribution in [2.24, 2.45) is 5.73 Å². The molecule has 3 heterocycles. The first kappa shape index (κ1) is 13.8. The molecular formula is C13H12Cl2N6O. The van der Waals surface area contributed by atoms with E-state index in [9.17, 15) is 0 Å². The fourth-order valence-corrected chi connectivity index (χ4v) is 3.25. The smallest absolute Gasteiger partial charge is 0.298 e. The van der Waals surface area contributed by atoms with E-state index in [1.54, 1.807) is 29.2 Å². The maximum Gasteiger partial charge on any atom is 0.298 e. The van der Waals surface area contributed by atoms with Crippen molar-refractivity contribution in [2.45, 2.75) is 12.1 Å². The minimum absolute atomic E-state index is 0.0246. The molecule has 1 aliphatic heterocycles. The Kier molecular flexibility index (Phi) is 3.21. The summed E-state index contributed by atoms with van der Waals surface area (Å²) in [6.45, 7) is 1.26. The molecule has 3 aromatic rings. The summed E-state index contributed by atoms with van der Waals surface area (Å²) in [4.78, 5) is 6.43. The van der Waals surface area contributed by atoms with E-state index in [0.717, 1.165) is 0 Å². The van der Waals surface area contributed by atoms with Crippen LogP contribution in [0.2, 0.25) is 10.0 Å². The molecule has 22 heavy (non-hydrogen) atoms. The zero-order valence-electron chi connectivity index (χ0n) is 11.4. The number of halogens is 2. The van der Waals surface area contributed by atoms with Crippen molar-refractivity contribution in [3.8, 4) is 0 Å². The molecule has 0 bridgehead atoms. The summed E-state index contributed by atoms with van der Waals surface area (Å²) in [6, 6.07) is 3.78. The molecule has 114 valence electrons. The molecule has 0 spiro atoms. The molecule has 4 rings (SSSR count). The molecule has 0 saturated carbocycles. The van der Waals surface area contributed by atoms with Crippen LogP contribution >= 0.6 is 23.2 Å². The molecule has 1 fully saturated rings. The first-order chi connectivity index (χ1) is 10.6. The molecule has 0 amide bonds. The predicted molar refractivity (Wildman–Crippen MR) is 83.3 cm³/mol. The summed E-state index contributed by atoms with van der Waals surface area (Å²) in [5.41, 5.74) is 7.36. The van der Waals surface area contributed by atoms with E-state index < -0.39 is 0 Å². The van der Waals surface area contributed by atoms with Gasteiger partial charge in [0.2, 0.25) is 0 Å². The van der Waals surface area contributed by atoms with Crippen LogP contribution in [0.5, 0.6) is 0 Å². The zero-order valence-corrected chi connectivity index (χ0v) is 12.9. The Labute approximate surface area is 135 Å². The van der Waals surface area contributed by atoms with Gasteiger partial charge in [-0.15, -0.1) is 5.10 Å². The average molecular weight is 339 g/mol. The normalized spacial score (nSPS) is 21.9. The van der Waals surface area contributed by atoms with E-state index in [4.69, 9.17) is 33.4 Å². The Hall–Kier alpha value is -1.83. The lowest BCUT2D eigenvalue weighted by molar-refractivity contribution is 0.436. The van der Waals surface area contributed by atoms with Gasteiger partial charge in [0, 0.05) is 30.4 Å². The molecule has 9 heteroatoms. The quantitative estimate of drug-likeness (QED) is 0.770. The number of oxazole rings is 1. The second kappa shape index (κ2) is 5.12. The van der Waals surface area contributed by atoms with Crippen LogP contribution in [-0.2, 0) is 0 Å². The molecule has 0 unspecified atom stereocenters. The lowest BCUT2D eigenvalue weighted by atomic mass is 10.2. The van der Waals surface area contributed by atoms with Crippen molar-refractivity contribution >= 4 is 40.3 Å². The van der Waals surface area contributed by atoms with E-state index in [-0.39, 0.29) is 12.1 Å². The number of aromatic nitrogens is 4. The lowest BCUT2D eigenvalue weighted by Gasteiger charge is -2.13. The molecule has 0 aliphatic carbocycles. The predicted octanol–water partition coefficient (Wildman–Crippen LogP) is 2.11. The summed E-state index contributed by atoms with van der Waals surface area (Å²) < 4.78 is 7.54. The second-order valence-electron chi connectivity index (χ2n) is 5.25. The summed E-state index contributed by atoms with van der Waals surface area (Å²) in [5.74, 6) is 0.